The number of fused-ring (bicyclic) bond motifs is 3. The van der Waals surface area contributed by atoms with Gasteiger partial charge in [0, 0.05) is 24.0 Å². The highest BCUT2D eigenvalue weighted by molar-refractivity contribution is 5.94. The van der Waals surface area contributed by atoms with E-state index in [2.05, 4.69) is 15.3 Å². The third-order valence-electron chi connectivity index (χ3n) is 4.73. The molecule has 9 heteroatoms. The number of imidazole rings is 1. The quantitative estimate of drug-likeness (QED) is 0.423. The number of nitrogens with zero attached hydrogens (tertiary/aromatic N) is 5. The molecule has 0 fully saturated rings. The van der Waals surface area contributed by atoms with Crippen LogP contribution in [-0.2, 0) is 0 Å². The zero-order valence-corrected chi connectivity index (χ0v) is 14.6. The highest BCUT2D eigenvalue weighted by Crippen LogP contribution is 2.33. The van der Waals surface area contributed by atoms with E-state index in [0.29, 0.717) is 5.95 Å². The van der Waals surface area contributed by atoms with Gasteiger partial charge in [-0.1, -0.05) is 12.1 Å². The van der Waals surface area contributed by atoms with E-state index in [1.807, 2.05) is 51.7 Å². The largest absolute Gasteiger partial charge is 0.370 e. The van der Waals surface area contributed by atoms with Crippen molar-refractivity contribution in [2.45, 2.75) is 6.17 Å². The van der Waals surface area contributed by atoms with Gasteiger partial charge in [-0.15, -0.1) is 0 Å². The zero-order valence-electron chi connectivity index (χ0n) is 14.6. The first-order valence-electron chi connectivity index (χ1n) is 8.61. The summed E-state index contributed by atoms with van der Waals surface area (Å²) in [5.41, 5.74) is 9.49. The summed E-state index contributed by atoms with van der Waals surface area (Å²) in [5, 5.41) is 13.9. The van der Waals surface area contributed by atoms with Gasteiger partial charge in [0.25, 0.3) is 5.69 Å². The van der Waals surface area contributed by atoms with Crippen LogP contribution >= 0.6 is 0 Å². The van der Waals surface area contributed by atoms with Gasteiger partial charge in [0.1, 0.15) is 0 Å². The third-order valence-corrected chi connectivity index (χ3v) is 4.73. The molecular formula is C19H15N7O2. The molecule has 0 amide bonds. The monoisotopic (exact) mass is 373 g/mol. The van der Waals surface area contributed by atoms with E-state index in [1.165, 1.54) is 12.1 Å². The summed E-state index contributed by atoms with van der Waals surface area (Å²) in [5.74, 6) is 0.902. The Hall–Kier alpha value is -4.14. The summed E-state index contributed by atoms with van der Waals surface area (Å²) in [6.07, 6.45) is 1.47. The van der Waals surface area contributed by atoms with Crippen LogP contribution in [0.5, 0.6) is 0 Å². The van der Waals surface area contributed by atoms with E-state index in [1.54, 1.807) is 12.1 Å². The van der Waals surface area contributed by atoms with Gasteiger partial charge in [0.2, 0.25) is 5.95 Å². The first kappa shape index (κ1) is 16.1. The molecule has 5 rings (SSSR count). The smallest absolute Gasteiger partial charge is 0.269 e. The molecule has 1 aliphatic rings. The highest BCUT2D eigenvalue weighted by atomic mass is 16.6. The van der Waals surface area contributed by atoms with Crippen LogP contribution in [0, 0.1) is 10.1 Å². The van der Waals surface area contributed by atoms with Crippen molar-refractivity contribution in [1.29, 1.82) is 0 Å². The second-order valence-electron chi connectivity index (χ2n) is 6.38. The fourth-order valence-corrected chi connectivity index (χ4v) is 3.49. The molecule has 28 heavy (non-hydrogen) atoms. The Morgan fingerprint density at radius 2 is 1.86 bits per heavy atom. The Labute approximate surface area is 158 Å². The molecule has 0 bridgehead atoms. The van der Waals surface area contributed by atoms with E-state index in [0.717, 1.165) is 22.4 Å². The van der Waals surface area contributed by atoms with Crippen LogP contribution in [0.2, 0.25) is 0 Å². The number of non-ortho nitro benzene ring substituents is 1. The number of anilines is 1. The van der Waals surface area contributed by atoms with E-state index in [-0.39, 0.29) is 11.6 Å². The van der Waals surface area contributed by atoms with E-state index >= 15 is 0 Å². The second-order valence-corrected chi connectivity index (χ2v) is 6.38. The number of benzene rings is 2. The number of guanidine groups is 1. The lowest BCUT2D eigenvalue weighted by molar-refractivity contribution is -0.384. The topological polar surface area (TPSA) is 116 Å². The van der Waals surface area contributed by atoms with Crippen LogP contribution in [0.4, 0.5) is 11.6 Å². The van der Waals surface area contributed by atoms with Crippen molar-refractivity contribution in [3.05, 3.63) is 82.7 Å². The van der Waals surface area contributed by atoms with Crippen LogP contribution in [0.15, 0.2) is 71.9 Å². The van der Waals surface area contributed by atoms with Crippen molar-refractivity contribution in [1.82, 2.24) is 14.1 Å². The fraction of sp³-hybridized carbons (Fsp3) is 0.0526. The van der Waals surface area contributed by atoms with Crippen molar-refractivity contribution in [2.75, 3.05) is 5.32 Å². The standard InChI is InChI=1S/C19H15N7O2/c20-18-22-17(25-15-5-2-1-4-14(15)21-19(25)23-18)16-6-3-11-24(16)12-7-9-13(10-8-12)26(27)28/h1-11,17H,(H3,20,21,22,23)/t17-/m0/s1. The van der Waals surface area contributed by atoms with Crippen molar-refractivity contribution in [3.63, 3.8) is 0 Å². The Morgan fingerprint density at radius 3 is 2.64 bits per heavy atom. The van der Waals surface area contributed by atoms with Gasteiger partial charge < -0.3 is 10.3 Å². The number of nitrogens with two attached hydrogens (primary N) is 1. The fourth-order valence-electron chi connectivity index (χ4n) is 3.49. The van der Waals surface area contributed by atoms with E-state index in [4.69, 9.17) is 5.73 Å². The maximum Gasteiger partial charge on any atom is 0.269 e. The van der Waals surface area contributed by atoms with Crippen LogP contribution in [-0.4, -0.2) is 25.0 Å². The zero-order chi connectivity index (χ0) is 19.3. The summed E-state index contributed by atoms with van der Waals surface area (Å²) in [6, 6.07) is 18.0. The summed E-state index contributed by atoms with van der Waals surface area (Å²) in [7, 11) is 0. The molecule has 0 aliphatic carbocycles. The van der Waals surface area contributed by atoms with E-state index < -0.39 is 11.1 Å². The minimum absolute atomic E-state index is 0.0458. The molecule has 1 aliphatic heterocycles. The summed E-state index contributed by atoms with van der Waals surface area (Å²) < 4.78 is 3.93. The van der Waals surface area contributed by atoms with Crippen molar-refractivity contribution in [3.8, 4) is 5.69 Å². The number of aliphatic imine (C=N–C) groups is 1. The lowest BCUT2D eigenvalue weighted by Gasteiger charge is -2.24. The molecule has 0 saturated carbocycles. The molecule has 3 heterocycles. The number of hydrogen-bond acceptors (Lipinski definition) is 6. The first-order valence-corrected chi connectivity index (χ1v) is 8.61. The number of rotatable bonds is 3. The lowest BCUT2D eigenvalue weighted by Crippen LogP contribution is -2.32. The van der Waals surface area contributed by atoms with Crippen molar-refractivity contribution in [2.24, 2.45) is 10.7 Å². The first-order chi connectivity index (χ1) is 13.6. The number of para-hydroxylation sites is 2. The SMILES string of the molecule is NC1=N[C@H](c2cccn2-c2ccc([N+](=O)[O-])cc2)n2c(nc3ccccc32)N1. The molecule has 0 spiro atoms. The average molecular weight is 373 g/mol. The molecule has 4 aromatic rings. The molecule has 0 radical (unpaired) electrons. The van der Waals surface area contributed by atoms with Gasteiger partial charge in [-0.3, -0.25) is 20.0 Å². The third kappa shape index (κ3) is 2.41. The van der Waals surface area contributed by atoms with Gasteiger partial charge in [-0.25, -0.2) is 9.98 Å². The number of nitro groups is 1. The molecule has 0 saturated heterocycles. The summed E-state index contributed by atoms with van der Waals surface area (Å²) >= 11 is 0. The highest BCUT2D eigenvalue weighted by Gasteiger charge is 2.27. The Kier molecular flexibility index (Phi) is 3.41. The van der Waals surface area contributed by atoms with Crippen LogP contribution in [0.25, 0.3) is 16.7 Å². The molecule has 2 aromatic heterocycles. The predicted octanol–water partition coefficient (Wildman–Crippen LogP) is 3.02. The molecule has 2 aromatic carbocycles. The number of nitro benzene ring substituents is 1. The molecule has 1 atom stereocenters. The van der Waals surface area contributed by atoms with Crippen LogP contribution < -0.4 is 11.1 Å². The van der Waals surface area contributed by atoms with Crippen molar-refractivity contribution >= 4 is 28.6 Å². The predicted molar refractivity (Wildman–Crippen MR) is 106 cm³/mol. The van der Waals surface area contributed by atoms with Crippen LogP contribution in [0.3, 0.4) is 0 Å². The van der Waals surface area contributed by atoms with Gasteiger partial charge in [-0.2, -0.15) is 0 Å². The molecule has 138 valence electrons. The minimum atomic E-state index is -0.422. The van der Waals surface area contributed by atoms with Gasteiger partial charge in [0.05, 0.1) is 21.7 Å². The number of hydrogen-bond donors (Lipinski definition) is 2. The normalized spacial score (nSPS) is 15.7. The van der Waals surface area contributed by atoms with Crippen LogP contribution in [0.1, 0.15) is 11.9 Å². The Balaban J connectivity index is 1.66. The molecule has 0 unspecified atom stereocenters. The molecule has 9 nitrogen and oxygen atoms in total. The number of aromatic nitrogens is 3. The maximum atomic E-state index is 10.9. The van der Waals surface area contributed by atoms with Gasteiger partial charge >= 0.3 is 0 Å². The lowest BCUT2D eigenvalue weighted by atomic mass is 10.2. The Morgan fingerprint density at radius 1 is 1.07 bits per heavy atom. The van der Waals surface area contributed by atoms with Crippen molar-refractivity contribution < 1.29 is 4.92 Å². The van der Waals surface area contributed by atoms with Gasteiger partial charge in [-0.05, 0) is 36.4 Å². The Bertz CT molecular complexity index is 1240. The van der Waals surface area contributed by atoms with Gasteiger partial charge in [0.15, 0.2) is 12.1 Å². The maximum absolute atomic E-state index is 10.9. The summed E-state index contributed by atoms with van der Waals surface area (Å²) in [6.45, 7) is 0. The molecular weight excluding hydrogens is 358 g/mol. The minimum Gasteiger partial charge on any atom is -0.370 e. The second kappa shape index (κ2) is 5.95. The molecule has 3 N–H and O–H groups in total. The number of nitrogens with one attached hydrogen (secondary N) is 1. The summed E-state index contributed by atoms with van der Waals surface area (Å²) in [4.78, 5) is 19.7. The average Bonchev–Trinajstić information content (AvgIpc) is 3.32. The van der Waals surface area contributed by atoms with E-state index in [9.17, 15) is 10.1 Å².